The molecule has 1 atom stereocenters. The maximum absolute atomic E-state index is 13.1. The van der Waals surface area contributed by atoms with E-state index < -0.39 is 0 Å². The molecule has 0 saturated carbocycles. The van der Waals surface area contributed by atoms with Gasteiger partial charge in [-0.2, -0.15) is 0 Å². The highest BCUT2D eigenvalue weighted by Gasteiger charge is 2.30. The maximum Gasteiger partial charge on any atom is 0.257 e. The van der Waals surface area contributed by atoms with Crippen molar-refractivity contribution in [1.82, 2.24) is 9.80 Å². The number of carbonyl (C=O) groups excluding carboxylic acids is 1. The average molecular weight is 344 g/mol. The molecule has 0 spiro atoms. The average Bonchev–Trinajstić information content (AvgIpc) is 3.20. The van der Waals surface area contributed by atoms with E-state index in [0.717, 1.165) is 19.5 Å². The van der Waals surface area contributed by atoms with Crippen molar-refractivity contribution in [3.8, 4) is 11.5 Å². The number of benzene rings is 1. The van der Waals surface area contributed by atoms with E-state index in [4.69, 9.17) is 9.47 Å². The molecule has 0 radical (unpaired) electrons. The molecular weight excluding hydrogens is 316 g/mol. The Morgan fingerprint density at radius 3 is 2.80 bits per heavy atom. The lowest BCUT2D eigenvalue weighted by molar-refractivity contribution is 0.0604. The molecule has 2 saturated heterocycles. The molecule has 2 fully saturated rings. The largest absolute Gasteiger partial charge is 0.497 e. The van der Waals surface area contributed by atoms with E-state index in [-0.39, 0.29) is 5.91 Å². The predicted molar refractivity (Wildman–Crippen MR) is 98.4 cm³/mol. The van der Waals surface area contributed by atoms with E-state index in [1.165, 1.54) is 32.4 Å². The summed E-state index contributed by atoms with van der Waals surface area (Å²) in [5, 5.41) is 0. The number of carbonyl (C=O) groups is 1. The van der Waals surface area contributed by atoms with Gasteiger partial charge in [-0.3, -0.25) is 9.69 Å². The molecule has 3 rings (SSSR count). The summed E-state index contributed by atoms with van der Waals surface area (Å²) in [7, 11) is 1.61. The van der Waals surface area contributed by atoms with Crippen LogP contribution in [0.3, 0.4) is 0 Å². The first-order chi connectivity index (χ1) is 12.2. The zero-order valence-electron chi connectivity index (χ0n) is 15.1. The van der Waals surface area contributed by atoms with Crippen LogP contribution < -0.4 is 9.47 Å². The minimum atomic E-state index is 0.0469. The zero-order chi connectivity index (χ0) is 17.6. The van der Waals surface area contributed by atoms with Crippen molar-refractivity contribution in [2.45, 2.75) is 31.7 Å². The Bertz CT molecular complexity index is 611. The number of methoxy groups -OCH3 is 1. The van der Waals surface area contributed by atoms with Crippen LogP contribution in [0.2, 0.25) is 0 Å². The fourth-order valence-corrected chi connectivity index (χ4v) is 3.79. The van der Waals surface area contributed by atoms with Crippen LogP contribution in [0.5, 0.6) is 11.5 Å². The molecule has 0 aliphatic carbocycles. The van der Waals surface area contributed by atoms with Crippen molar-refractivity contribution in [2.24, 2.45) is 0 Å². The molecule has 1 aromatic rings. The number of hydrogen-bond donors (Lipinski definition) is 0. The first-order valence-electron chi connectivity index (χ1n) is 9.18. The summed E-state index contributed by atoms with van der Waals surface area (Å²) in [6.07, 6.45) is 6.49. The predicted octanol–water partition coefficient (Wildman–Crippen LogP) is 2.96. The fraction of sp³-hybridized carbons (Fsp3) is 0.550. The Kier molecular flexibility index (Phi) is 5.97. The number of rotatable bonds is 6. The molecule has 25 heavy (non-hydrogen) atoms. The standard InChI is InChI=1S/C20H28N2O3/c1-3-13-25-19-14-17(24-2)8-9-18(19)20(23)22-12-6-7-16(15-22)21-10-4-5-11-21/h3,8-9,14,16H,1,4-7,10-13,15H2,2H3/t16-/m0/s1. The van der Waals surface area contributed by atoms with Crippen molar-refractivity contribution in [3.05, 3.63) is 36.4 Å². The fourth-order valence-electron chi connectivity index (χ4n) is 3.79. The Labute approximate surface area is 150 Å². The Morgan fingerprint density at radius 1 is 1.28 bits per heavy atom. The molecule has 0 bridgehead atoms. The van der Waals surface area contributed by atoms with Crippen molar-refractivity contribution < 1.29 is 14.3 Å². The lowest BCUT2D eigenvalue weighted by Gasteiger charge is -2.37. The van der Waals surface area contributed by atoms with Gasteiger partial charge in [-0.05, 0) is 50.9 Å². The number of piperidine rings is 1. The molecule has 5 nitrogen and oxygen atoms in total. The molecule has 0 aromatic heterocycles. The van der Waals surface area contributed by atoms with Crippen LogP contribution in [0.15, 0.2) is 30.9 Å². The molecular formula is C20H28N2O3. The smallest absolute Gasteiger partial charge is 0.257 e. The summed E-state index contributed by atoms with van der Waals surface area (Å²) < 4.78 is 11.0. The van der Waals surface area contributed by atoms with Gasteiger partial charge < -0.3 is 14.4 Å². The van der Waals surface area contributed by atoms with Gasteiger partial charge in [0.15, 0.2) is 0 Å². The van der Waals surface area contributed by atoms with Crippen LogP contribution in [0.25, 0.3) is 0 Å². The van der Waals surface area contributed by atoms with Gasteiger partial charge in [-0.1, -0.05) is 12.7 Å². The minimum Gasteiger partial charge on any atom is -0.497 e. The van der Waals surface area contributed by atoms with Crippen molar-refractivity contribution in [1.29, 1.82) is 0 Å². The molecule has 5 heteroatoms. The summed E-state index contributed by atoms with van der Waals surface area (Å²) in [5.41, 5.74) is 0.602. The van der Waals surface area contributed by atoms with Crippen LogP contribution in [0.4, 0.5) is 0 Å². The van der Waals surface area contributed by atoms with Gasteiger partial charge in [-0.15, -0.1) is 0 Å². The van der Waals surface area contributed by atoms with E-state index in [1.807, 2.05) is 11.0 Å². The second kappa shape index (κ2) is 8.39. The van der Waals surface area contributed by atoms with Crippen molar-refractivity contribution in [3.63, 3.8) is 0 Å². The lowest BCUT2D eigenvalue weighted by Crippen LogP contribution is -2.49. The van der Waals surface area contributed by atoms with Crippen LogP contribution in [0, 0.1) is 0 Å². The molecule has 2 aliphatic heterocycles. The molecule has 0 N–H and O–H groups in total. The van der Waals surface area contributed by atoms with Crippen molar-refractivity contribution >= 4 is 5.91 Å². The van der Waals surface area contributed by atoms with Crippen molar-refractivity contribution in [2.75, 3.05) is 39.9 Å². The highest BCUT2D eigenvalue weighted by atomic mass is 16.5. The quantitative estimate of drug-likeness (QED) is 0.744. The number of amides is 1. The highest BCUT2D eigenvalue weighted by Crippen LogP contribution is 2.28. The third-order valence-electron chi connectivity index (χ3n) is 5.12. The summed E-state index contributed by atoms with van der Waals surface area (Å²) in [6, 6.07) is 5.89. The van der Waals surface area contributed by atoms with E-state index in [9.17, 15) is 4.79 Å². The summed E-state index contributed by atoms with van der Waals surface area (Å²) in [6.45, 7) is 8.01. The van der Waals surface area contributed by atoms with E-state index in [1.54, 1.807) is 25.3 Å². The highest BCUT2D eigenvalue weighted by molar-refractivity contribution is 5.97. The van der Waals surface area contributed by atoms with Gasteiger partial charge in [0.1, 0.15) is 18.1 Å². The Hall–Kier alpha value is -2.01. The lowest BCUT2D eigenvalue weighted by atomic mass is 10.0. The van der Waals surface area contributed by atoms with Crippen LogP contribution >= 0.6 is 0 Å². The Balaban J connectivity index is 1.75. The summed E-state index contributed by atoms with van der Waals surface area (Å²) >= 11 is 0. The molecule has 1 aromatic carbocycles. The monoisotopic (exact) mass is 344 g/mol. The third-order valence-corrected chi connectivity index (χ3v) is 5.12. The van der Waals surface area contributed by atoms with E-state index in [0.29, 0.717) is 29.7 Å². The van der Waals surface area contributed by atoms with Gasteiger partial charge in [0, 0.05) is 25.2 Å². The number of hydrogen-bond acceptors (Lipinski definition) is 4. The first-order valence-corrected chi connectivity index (χ1v) is 9.18. The number of likely N-dealkylation sites (tertiary alicyclic amines) is 2. The van der Waals surface area contributed by atoms with Crippen LogP contribution in [-0.4, -0.2) is 61.6 Å². The van der Waals surface area contributed by atoms with Gasteiger partial charge >= 0.3 is 0 Å². The molecule has 1 amide bonds. The SMILES string of the molecule is C=CCOc1cc(OC)ccc1C(=O)N1CCC[C@H](N2CCCC2)C1. The number of nitrogens with zero attached hydrogens (tertiary/aromatic N) is 2. The maximum atomic E-state index is 13.1. The normalized spacial score (nSPS) is 21.2. The van der Waals surface area contributed by atoms with E-state index in [2.05, 4.69) is 11.5 Å². The molecule has 2 aliphatic rings. The summed E-state index contributed by atoms with van der Waals surface area (Å²) in [4.78, 5) is 17.6. The van der Waals surface area contributed by atoms with Gasteiger partial charge in [-0.25, -0.2) is 0 Å². The summed E-state index contributed by atoms with van der Waals surface area (Å²) in [5.74, 6) is 1.29. The molecule has 136 valence electrons. The second-order valence-corrected chi connectivity index (χ2v) is 6.75. The molecule has 0 unspecified atom stereocenters. The minimum absolute atomic E-state index is 0.0469. The van der Waals surface area contributed by atoms with Gasteiger partial charge in [0.05, 0.1) is 12.7 Å². The topological polar surface area (TPSA) is 42.0 Å². The zero-order valence-corrected chi connectivity index (χ0v) is 15.1. The second-order valence-electron chi connectivity index (χ2n) is 6.75. The van der Waals surface area contributed by atoms with Gasteiger partial charge in [0.25, 0.3) is 5.91 Å². The van der Waals surface area contributed by atoms with Gasteiger partial charge in [0.2, 0.25) is 0 Å². The molecule has 2 heterocycles. The number of ether oxygens (including phenoxy) is 2. The van der Waals surface area contributed by atoms with Crippen LogP contribution in [-0.2, 0) is 0 Å². The van der Waals surface area contributed by atoms with E-state index >= 15 is 0 Å². The Morgan fingerprint density at radius 2 is 2.08 bits per heavy atom. The first kappa shape index (κ1) is 17.8. The van der Waals surface area contributed by atoms with Crippen LogP contribution in [0.1, 0.15) is 36.0 Å². The third kappa shape index (κ3) is 4.15.